The molecule has 1 aromatic carbocycles. The lowest BCUT2D eigenvalue weighted by atomic mass is 10.0. The van der Waals surface area contributed by atoms with E-state index in [0.717, 1.165) is 64.1 Å². The lowest BCUT2D eigenvalue weighted by Gasteiger charge is -2.35. The molecule has 3 aliphatic rings. The molecular weight excluding hydrogens is 321 g/mol. The quantitative estimate of drug-likeness (QED) is 0.910. The lowest BCUT2D eigenvalue weighted by Crippen LogP contribution is -2.52. The van der Waals surface area contributed by atoms with E-state index in [4.69, 9.17) is 4.74 Å². The number of urea groups is 1. The smallest absolute Gasteiger partial charge is 0.317 e. The van der Waals surface area contributed by atoms with Gasteiger partial charge in [0.05, 0.1) is 19.3 Å². The minimum Gasteiger partial charge on any atom is -0.379 e. The van der Waals surface area contributed by atoms with Crippen molar-refractivity contribution in [1.29, 1.82) is 0 Å². The zero-order valence-electron chi connectivity index (χ0n) is 14.5. The first-order chi connectivity index (χ1) is 12.2. The molecule has 2 heterocycles. The van der Waals surface area contributed by atoms with Crippen molar-refractivity contribution in [3.63, 3.8) is 0 Å². The molecule has 1 atom stereocenters. The third-order valence-corrected chi connectivity index (χ3v) is 5.82. The highest BCUT2D eigenvalue weighted by Gasteiger charge is 2.48. The molecule has 5 nitrogen and oxygen atoms in total. The molecular formula is C19H26FN3O2. The Bertz CT molecular complexity index is 629. The number of morpholine rings is 1. The van der Waals surface area contributed by atoms with Gasteiger partial charge in [0.2, 0.25) is 0 Å². The Hall–Kier alpha value is -1.66. The molecule has 6 heteroatoms. The molecule has 25 heavy (non-hydrogen) atoms. The number of amides is 2. The second kappa shape index (κ2) is 6.92. The Morgan fingerprint density at radius 3 is 2.80 bits per heavy atom. The van der Waals surface area contributed by atoms with Gasteiger partial charge in [0.1, 0.15) is 5.82 Å². The fraction of sp³-hybridized carbons (Fsp3) is 0.632. The molecule has 0 spiro atoms. The summed E-state index contributed by atoms with van der Waals surface area (Å²) in [6.07, 6.45) is 4.13. The van der Waals surface area contributed by atoms with Gasteiger partial charge in [-0.1, -0.05) is 12.1 Å². The summed E-state index contributed by atoms with van der Waals surface area (Å²) in [5.41, 5.74) is 1.02. The van der Waals surface area contributed by atoms with Gasteiger partial charge in [0.25, 0.3) is 0 Å². The van der Waals surface area contributed by atoms with Crippen LogP contribution >= 0.6 is 0 Å². The Morgan fingerprint density at radius 2 is 2.08 bits per heavy atom. The van der Waals surface area contributed by atoms with Crippen LogP contribution in [0.3, 0.4) is 0 Å². The van der Waals surface area contributed by atoms with Gasteiger partial charge in [-0.25, -0.2) is 9.18 Å². The van der Waals surface area contributed by atoms with E-state index in [0.29, 0.717) is 6.54 Å². The fourth-order valence-corrected chi connectivity index (χ4v) is 4.20. The van der Waals surface area contributed by atoms with E-state index >= 15 is 0 Å². The second-order valence-corrected chi connectivity index (χ2v) is 7.39. The Labute approximate surface area is 148 Å². The van der Waals surface area contributed by atoms with Crippen molar-refractivity contribution >= 4 is 6.03 Å². The topological polar surface area (TPSA) is 44.8 Å². The van der Waals surface area contributed by atoms with Crippen LogP contribution in [0.15, 0.2) is 24.3 Å². The molecule has 1 aliphatic carbocycles. The van der Waals surface area contributed by atoms with Gasteiger partial charge in [0.15, 0.2) is 0 Å². The standard InChI is InChI=1S/C19H26FN3O2/c20-16-4-1-3-15(13-16)17-5-2-8-23(17)18(24)21-14-19(6-7-19)22-9-11-25-12-10-22/h1,3-4,13,17H,2,5-12,14H2,(H,21,24)/t17-/m1/s1. The van der Waals surface area contributed by atoms with Gasteiger partial charge in [-0.3, -0.25) is 4.90 Å². The third-order valence-electron chi connectivity index (χ3n) is 5.82. The summed E-state index contributed by atoms with van der Waals surface area (Å²) in [6, 6.07) is 6.58. The van der Waals surface area contributed by atoms with Gasteiger partial charge in [0, 0.05) is 31.7 Å². The van der Waals surface area contributed by atoms with Crippen LogP contribution in [-0.4, -0.2) is 60.8 Å². The van der Waals surface area contributed by atoms with Crippen LogP contribution in [0.4, 0.5) is 9.18 Å². The van der Waals surface area contributed by atoms with Gasteiger partial charge in [-0.15, -0.1) is 0 Å². The highest BCUT2D eigenvalue weighted by molar-refractivity contribution is 5.75. The van der Waals surface area contributed by atoms with E-state index in [1.165, 1.54) is 6.07 Å². The van der Waals surface area contributed by atoms with Crippen molar-refractivity contribution in [2.45, 2.75) is 37.3 Å². The molecule has 4 rings (SSSR count). The number of likely N-dealkylation sites (tertiary alicyclic amines) is 1. The average Bonchev–Trinajstić information content (AvgIpc) is 3.27. The van der Waals surface area contributed by atoms with E-state index in [-0.39, 0.29) is 23.4 Å². The van der Waals surface area contributed by atoms with Crippen molar-refractivity contribution < 1.29 is 13.9 Å². The van der Waals surface area contributed by atoms with Crippen LogP contribution < -0.4 is 5.32 Å². The molecule has 1 saturated carbocycles. The molecule has 0 aromatic heterocycles. The number of halogens is 1. The van der Waals surface area contributed by atoms with Crippen molar-refractivity contribution in [1.82, 2.24) is 15.1 Å². The first kappa shape index (κ1) is 16.8. The largest absolute Gasteiger partial charge is 0.379 e. The van der Waals surface area contributed by atoms with E-state index in [9.17, 15) is 9.18 Å². The van der Waals surface area contributed by atoms with Crippen LogP contribution in [0.1, 0.15) is 37.3 Å². The van der Waals surface area contributed by atoms with Crippen LogP contribution in [0.25, 0.3) is 0 Å². The lowest BCUT2D eigenvalue weighted by molar-refractivity contribution is 0.00997. The summed E-state index contributed by atoms with van der Waals surface area (Å²) in [7, 11) is 0. The molecule has 136 valence electrons. The zero-order chi connectivity index (χ0) is 17.3. The number of hydrogen-bond donors (Lipinski definition) is 1. The van der Waals surface area contributed by atoms with Gasteiger partial charge in [-0.05, 0) is 43.4 Å². The molecule has 0 bridgehead atoms. The molecule has 3 fully saturated rings. The van der Waals surface area contributed by atoms with Gasteiger partial charge < -0.3 is 15.0 Å². The summed E-state index contributed by atoms with van der Waals surface area (Å²) in [4.78, 5) is 17.1. The Morgan fingerprint density at radius 1 is 1.28 bits per heavy atom. The predicted molar refractivity (Wildman–Crippen MR) is 92.8 cm³/mol. The fourth-order valence-electron chi connectivity index (χ4n) is 4.20. The third kappa shape index (κ3) is 3.51. The number of benzene rings is 1. The van der Waals surface area contributed by atoms with Gasteiger partial charge in [-0.2, -0.15) is 0 Å². The zero-order valence-corrected chi connectivity index (χ0v) is 14.5. The van der Waals surface area contributed by atoms with Crippen LogP contribution in [0.2, 0.25) is 0 Å². The van der Waals surface area contributed by atoms with Crippen LogP contribution in [-0.2, 0) is 4.74 Å². The minimum atomic E-state index is -0.242. The molecule has 0 radical (unpaired) electrons. The molecule has 2 saturated heterocycles. The predicted octanol–water partition coefficient (Wildman–Crippen LogP) is 2.54. The highest BCUT2D eigenvalue weighted by Crippen LogP contribution is 2.41. The summed E-state index contributed by atoms with van der Waals surface area (Å²) in [5, 5.41) is 3.15. The maximum atomic E-state index is 13.5. The van der Waals surface area contributed by atoms with Crippen LogP contribution in [0, 0.1) is 5.82 Å². The maximum absolute atomic E-state index is 13.5. The van der Waals surface area contributed by atoms with E-state index < -0.39 is 0 Å². The summed E-state index contributed by atoms with van der Waals surface area (Å²) in [6.45, 7) is 4.89. The molecule has 2 amide bonds. The van der Waals surface area contributed by atoms with Crippen LogP contribution in [0.5, 0.6) is 0 Å². The average molecular weight is 347 g/mol. The van der Waals surface area contributed by atoms with Crippen molar-refractivity contribution in [2.75, 3.05) is 39.4 Å². The summed E-state index contributed by atoms with van der Waals surface area (Å²) < 4.78 is 19.0. The SMILES string of the molecule is O=C(NCC1(N2CCOCC2)CC1)N1CCC[C@@H]1c1cccc(F)c1. The number of ether oxygens (including phenoxy) is 1. The Balaban J connectivity index is 1.37. The monoisotopic (exact) mass is 347 g/mol. The first-order valence-electron chi connectivity index (χ1n) is 9.31. The first-order valence-corrected chi connectivity index (χ1v) is 9.31. The minimum absolute atomic E-state index is 0.0192. The van der Waals surface area contributed by atoms with Crippen molar-refractivity contribution in [2.24, 2.45) is 0 Å². The van der Waals surface area contributed by atoms with Gasteiger partial charge >= 0.3 is 6.03 Å². The molecule has 2 aliphatic heterocycles. The summed E-state index contributed by atoms with van der Waals surface area (Å²) >= 11 is 0. The number of nitrogens with one attached hydrogen (secondary N) is 1. The van der Waals surface area contributed by atoms with Crippen molar-refractivity contribution in [3.05, 3.63) is 35.6 Å². The number of carbonyl (C=O) groups excluding carboxylic acids is 1. The number of nitrogens with zero attached hydrogens (tertiary/aromatic N) is 2. The molecule has 1 N–H and O–H groups in total. The summed E-state index contributed by atoms with van der Waals surface area (Å²) in [5.74, 6) is -0.242. The second-order valence-electron chi connectivity index (χ2n) is 7.39. The Kier molecular flexibility index (Phi) is 4.65. The van der Waals surface area contributed by atoms with Crippen molar-refractivity contribution in [3.8, 4) is 0 Å². The molecule has 0 unspecified atom stereocenters. The number of rotatable bonds is 4. The molecule has 1 aromatic rings. The number of carbonyl (C=O) groups is 1. The maximum Gasteiger partial charge on any atom is 0.317 e. The highest BCUT2D eigenvalue weighted by atomic mass is 19.1. The van der Waals surface area contributed by atoms with E-state index in [1.807, 2.05) is 11.0 Å². The number of hydrogen-bond acceptors (Lipinski definition) is 3. The normalized spacial score (nSPS) is 25.8. The van der Waals surface area contributed by atoms with E-state index in [2.05, 4.69) is 10.2 Å². The van der Waals surface area contributed by atoms with E-state index in [1.54, 1.807) is 12.1 Å².